The molecule has 0 aliphatic rings. The molecule has 1 aromatic carbocycles. The quantitative estimate of drug-likeness (QED) is 0.599. The van der Waals surface area contributed by atoms with Gasteiger partial charge in [0.15, 0.2) is 11.5 Å². The number of nitrogens with one attached hydrogen (secondary N) is 1. The summed E-state index contributed by atoms with van der Waals surface area (Å²) in [4.78, 5) is 0. The average molecular weight is 293 g/mol. The highest BCUT2D eigenvalue weighted by molar-refractivity contribution is 5.48. The van der Waals surface area contributed by atoms with Crippen molar-refractivity contribution in [2.75, 3.05) is 20.8 Å². The molecule has 120 valence electrons. The standard InChI is InChI=1S/C18H31NO2/c1-5-7-8-9-12-16(19-14-6-2)15-11-10-13-17(20-3)18(15)21-4/h10-11,13,16,19H,5-9,12,14H2,1-4H3. The van der Waals surface area contributed by atoms with Gasteiger partial charge in [-0.2, -0.15) is 0 Å². The van der Waals surface area contributed by atoms with Crippen LogP contribution in [0.3, 0.4) is 0 Å². The maximum atomic E-state index is 5.59. The van der Waals surface area contributed by atoms with Crippen LogP contribution in [0.15, 0.2) is 18.2 Å². The highest BCUT2D eigenvalue weighted by Crippen LogP contribution is 2.36. The van der Waals surface area contributed by atoms with E-state index in [0.717, 1.165) is 30.9 Å². The third-order valence-corrected chi connectivity index (χ3v) is 3.80. The van der Waals surface area contributed by atoms with Crippen LogP contribution < -0.4 is 14.8 Å². The highest BCUT2D eigenvalue weighted by Gasteiger charge is 2.18. The maximum Gasteiger partial charge on any atom is 0.165 e. The first-order valence-electron chi connectivity index (χ1n) is 8.22. The Hall–Kier alpha value is -1.22. The van der Waals surface area contributed by atoms with Gasteiger partial charge in [-0.25, -0.2) is 0 Å². The van der Waals surface area contributed by atoms with Gasteiger partial charge >= 0.3 is 0 Å². The number of unbranched alkanes of at least 4 members (excludes halogenated alkanes) is 3. The van der Waals surface area contributed by atoms with Gasteiger partial charge < -0.3 is 14.8 Å². The number of rotatable bonds is 11. The van der Waals surface area contributed by atoms with Crippen molar-refractivity contribution in [3.63, 3.8) is 0 Å². The molecule has 3 nitrogen and oxygen atoms in total. The van der Waals surface area contributed by atoms with Crippen LogP contribution in [0.25, 0.3) is 0 Å². The van der Waals surface area contributed by atoms with Crippen molar-refractivity contribution < 1.29 is 9.47 Å². The van der Waals surface area contributed by atoms with E-state index >= 15 is 0 Å². The zero-order chi connectivity index (χ0) is 15.5. The van der Waals surface area contributed by atoms with Crippen molar-refractivity contribution in [3.8, 4) is 11.5 Å². The number of methoxy groups -OCH3 is 2. The second-order valence-electron chi connectivity index (χ2n) is 5.44. The molecule has 1 N–H and O–H groups in total. The van der Waals surface area contributed by atoms with Crippen molar-refractivity contribution in [1.29, 1.82) is 0 Å². The Morgan fingerprint density at radius 3 is 2.43 bits per heavy atom. The van der Waals surface area contributed by atoms with Gasteiger partial charge in [0.05, 0.1) is 14.2 Å². The molecule has 1 rings (SSSR count). The lowest BCUT2D eigenvalue weighted by molar-refractivity contribution is 0.344. The Labute approximate surface area is 130 Å². The Morgan fingerprint density at radius 2 is 1.81 bits per heavy atom. The minimum atomic E-state index is 0.340. The van der Waals surface area contributed by atoms with E-state index in [2.05, 4.69) is 25.2 Å². The Bertz CT molecular complexity index is 393. The van der Waals surface area contributed by atoms with E-state index in [1.165, 1.54) is 31.2 Å². The van der Waals surface area contributed by atoms with Gasteiger partial charge in [0.25, 0.3) is 0 Å². The van der Waals surface area contributed by atoms with Crippen LogP contribution >= 0.6 is 0 Å². The summed E-state index contributed by atoms with van der Waals surface area (Å²) in [6.45, 7) is 5.47. The van der Waals surface area contributed by atoms with Gasteiger partial charge in [-0.05, 0) is 25.5 Å². The summed E-state index contributed by atoms with van der Waals surface area (Å²) < 4.78 is 11.0. The second kappa shape index (κ2) is 10.5. The molecule has 1 aromatic rings. The number of para-hydroxylation sites is 1. The van der Waals surface area contributed by atoms with Crippen LogP contribution in [0.4, 0.5) is 0 Å². The lowest BCUT2D eigenvalue weighted by Crippen LogP contribution is -2.22. The molecular weight excluding hydrogens is 262 g/mol. The molecule has 3 heteroatoms. The van der Waals surface area contributed by atoms with Crippen molar-refractivity contribution >= 4 is 0 Å². The Kier molecular flexibility index (Phi) is 8.91. The molecule has 1 unspecified atom stereocenters. The minimum Gasteiger partial charge on any atom is -0.493 e. The van der Waals surface area contributed by atoms with Crippen molar-refractivity contribution in [3.05, 3.63) is 23.8 Å². The predicted molar refractivity (Wildman–Crippen MR) is 89.3 cm³/mol. The van der Waals surface area contributed by atoms with E-state index in [9.17, 15) is 0 Å². The SMILES string of the molecule is CCCCCCC(NCCC)c1cccc(OC)c1OC. The van der Waals surface area contributed by atoms with Gasteiger partial charge in [-0.3, -0.25) is 0 Å². The van der Waals surface area contributed by atoms with E-state index in [4.69, 9.17) is 9.47 Å². The van der Waals surface area contributed by atoms with Gasteiger partial charge in [-0.1, -0.05) is 51.7 Å². The fraction of sp³-hybridized carbons (Fsp3) is 0.667. The van der Waals surface area contributed by atoms with Crippen LogP contribution in [0.5, 0.6) is 11.5 Å². The fourth-order valence-corrected chi connectivity index (χ4v) is 2.65. The largest absolute Gasteiger partial charge is 0.493 e. The lowest BCUT2D eigenvalue weighted by atomic mass is 9.98. The van der Waals surface area contributed by atoms with Crippen LogP contribution in [-0.4, -0.2) is 20.8 Å². The van der Waals surface area contributed by atoms with Gasteiger partial charge in [-0.15, -0.1) is 0 Å². The molecule has 0 spiro atoms. The van der Waals surface area contributed by atoms with E-state index in [1.54, 1.807) is 14.2 Å². The van der Waals surface area contributed by atoms with E-state index in [1.807, 2.05) is 12.1 Å². The first-order chi connectivity index (χ1) is 10.3. The molecule has 0 bridgehead atoms. The third kappa shape index (κ3) is 5.58. The summed E-state index contributed by atoms with van der Waals surface area (Å²) in [6, 6.07) is 6.49. The molecule has 0 heterocycles. The van der Waals surface area contributed by atoms with E-state index in [-0.39, 0.29) is 0 Å². The van der Waals surface area contributed by atoms with E-state index < -0.39 is 0 Å². The molecule has 0 saturated heterocycles. The number of ether oxygens (including phenoxy) is 2. The second-order valence-corrected chi connectivity index (χ2v) is 5.44. The first kappa shape index (κ1) is 17.8. The third-order valence-electron chi connectivity index (χ3n) is 3.80. The average Bonchev–Trinajstić information content (AvgIpc) is 2.53. The monoisotopic (exact) mass is 293 g/mol. The van der Waals surface area contributed by atoms with Crippen LogP contribution in [0, 0.1) is 0 Å². The van der Waals surface area contributed by atoms with Crippen molar-refractivity contribution in [2.24, 2.45) is 0 Å². The number of hydrogen-bond acceptors (Lipinski definition) is 3. The number of benzene rings is 1. The van der Waals surface area contributed by atoms with Crippen molar-refractivity contribution in [2.45, 2.75) is 58.4 Å². The maximum absolute atomic E-state index is 5.59. The van der Waals surface area contributed by atoms with Gasteiger partial charge in [0.1, 0.15) is 0 Å². The zero-order valence-corrected chi connectivity index (χ0v) is 14.1. The Balaban J connectivity index is 2.85. The van der Waals surface area contributed by atoms with Crippen LogP contribution in [0.1, 0.15) is 64.0 Å². The summed E-state index contributed by atoms with van der Waals surface area (Å²) in [6.07, 6.45) is 7.41. The smallest absolute Gasteiger partial charge is 0.165 e. The summed E-state index contributed by atoms with van der Waals surface area (Å²) in [5.74, 6) is 1.68. The topological polar surface area (TPSA) is 30.5 Å². The molecule has 0 aliphatic heterocycles. The molecule has 0 aromatic heterocycles. The zero-order valence-electron chi connectivity index (χ0n) is 14.1. The van der Waals surface area contributed by atoms with Crippen LogP contribution in [0.2, 0.25) is 0 Å². The summed E-state index contributed by atoms with van der Waals surface area (Å²) in [5, 5.41) is 3.65. The summed E-state index contributed by atoms with van der Waals surface area (Å²) in [7, 11) is 3.41. The molecule has 0 aliphatic carbocycles. The van der Waals surface area contributed by atoms with Gasteiger partial charge in [0.2, 0.25) is 0 Å². The molecular formula is C18H31NO2. The summed E-state index contributed by atoms with van der Waals surface area (Å²) in [5.41, 5.74) is 1.21. The highest BCUT2D eigenvalue weighted by atomic mass is 16.5. The molecule has 0 radical (unpaired) electrons. The molecule has 0 amide bonds. The molecule has 0 saturated carbocycles. The molecule has 21 heavy (non-hydrogen) atoms. The minimum absolute atomic E-state index is 0.340. The molecule has 0 fully saturated rings. The Morgan fingerprint density at radius 1 is 1.00 bits per heavy atom. The van der Waals surface area contributed by atoms with Gasteiger partial charge in [0, 0.05) is 11.6 Å². The normalized spacial score (nSPS) is 12.2. The predicted octanol–water partition coefficient (Wildman–Crippen LogP) is 4.71. The van der Waals surface area contributed by atoms with E-state index in [0.29, 0.717) is 6.04 Å². The fourth-order valence-electron chi connectivity index (χ4n) is 2.65. The summed E-state index contributed by atoms with van der Waals surface area (Å²) >= 11 is 0. The first-order valence-corrected chi connectivity index (χ1v) is 8.22. The number of hydrogen-bond donors (Lipinski definition) is 1. The van der Waals surface area contributed by atoms with Crippen molar-refractivity contribution in [1.82, 2.24) is 5.32 Å². The lowest BCUT2D eigenvalue weighted by Gasteiger charge is -2.22. The molecule has 1 atom stereocenters. The van der Waals surface area contributed by atoms with Crippen LogP contribution in [-0.2, 0) is 0 Å².